The number of nitrogens with one attached hydrogen (secondary N) is 1. The van der Waals surface area contributed by atoms with Crippen LogP contribution in [0.15, 0.2) is 108 Å². The predicted molar refractivity (Wildman–Crippen MR) is 147 cm³/mol. The number of hydrogen-bond acceptors (Lipinski definition) is 5. The summed E-state index contributed by atoms with van der Waals surface area (Å²) in [7, 11) is 0. The molecule has 0 aliphatic heterocycles. The first-order valence-electron chi connectivity index (χ1n) is 12.6. The van der Waals surface area contributed by atoms with E-state index in [0.29, 0.717) is 23.9 Å². The molecule has 190 valence electrons. The zero-order valence-electron chi connectivity index (χ0n) is 21.7. The van der Waals surface area contributed by atoms with Gasteiger partial charge in [0.05, 0.1) is 12.4 Å². The number of hydrogen-bond donors (Lipinski definition) is 1. The number of amides is 1. The van der Waals surface area contributed by atoms with Gasteiger partial charge in [0.1, 0.15) is 0 Å². The van der Waals surface area contributed by atoms with E-state index >= 15 is 0 Å². The standard InChI is InChI=1S/C26H21N5O2.2C2H6/c32-24(28-23(17-31-16-15-27-18-31)19-7-3-1-4-8-19)20-11-13-22(14-12-20)26-30-29-25(33-26)21-9-5-2-6-10-21;2*1-2/h1-16,18,23H,17H2,(H,28,32);2*1-2H3. The minimum atomic E-state index is -0.197. The van der Waals surface area contributed by atoms with Gasteiger partial charge in [-0.2, -0.15) is 0 Å². The molecule has 5 aromatic rings. The van der Waals surface area contributed by atoms with Gasteiger partial charge in [0.25, 0.3) is 5.91 Å². The fourth-order valence-electron chi connectivity index (χ4n) is 3.57. The Morgan fingerprint density at radius 1 is 0.811 bits per heavy atom. The lowest BCUT2D eigenvalue weighted by Gasteiger charge is -2.20. The monoisotopic (exact) mass is 495 g/mol. The molecular formula is C30H33N5O2. The second-order valence-corrected chi connectivity index (χ2v) is 7.55. The molecule has 3 aromatic carbocycles. The highest BCUT2D eigenvalue weighted by Crippen LogP contribution is 2.24. The maximum atomic E-state index is 13.0. The van der Waals surface area contributed by atoms with Crippen LogP contribution < -0.4 is 5.32 Å². The maximum Gasteiger partial charge on any atom is 0.251 e. The number of imidazole rings is 1. The Morgan fingerprint density at radius 2 is 1.38 bits per heavy atom. The third-order valence-corrected chi connectivity index (χ3v) is 5.30. The molecule has 0 bridgehead atoms. The van der Waals surface area contributed by atoms with Crippen LogP contribution >= 0.6 is 0 Å². The highest BCUT2D eigenvalue weighted by atomic mass is 16.4. The van der Waals surface area contributed by atoms with E-state index in [9.17, 15) is 4.79 Å². The molecule has 7 nitrogen and oxygen atoms in total. The number of carbonyl (C=O) groups is 1. The van der Waals surface area contributed by atoms with Crippen molar-refractivity contribution in [2.24, 2.45) is 0 Å². The van der Waals surface area contributed by atoms with Gasteiger partial charge >= 0.3 is 0 Å². The molecule has 5 rings (SSSR count). The normalized spacial score (nSPS) is 10.8. The molecule has 0 spiro atoms. The highest BCUT2D eigenvalue weighted by molar-refractivity contribution is 5.94. The van der Waals surface area contributed by atoms with E-state index < -0.39 is 0 Å². The molecule has 7 heteroatoms. The van der Waals surface area contributed by atoms with E-state index in [4.69, 9.17) is 4.42 Å². The molecule has 0 fully saturated rings. The number of benzene rings is 3. The summed E-state index contributed by atoms with van der Waals surface area (Å²) in [5.41, 5.74) is 3.18. The van der Waals surface area contributed by atoms with Crippen molar-refractivity contribution in [3.8, 4) is 22.9 Å². The molecule has 1 unspecified atom stereocenters. The Bertz CT molecular complexity index is 1320. The SMILES string of the molecule is CC.CC.O=C(NC(Cn1ccnc1)c1ccccc1)c1ccc(-c2nnc(-c3ccccc3)o2)cc1. The number of carbonyl (C=O) groups excluding carboxylic acids is 1. The summed E-state index contributed by atoms with van der Waals surface area (Å²) in [6.07, 6.45) is 5.35. The molecule has 0 aliphatic rings. The minimum absolute atomic E-state index is 0.161. The Balaban J connectivity index is 0.000000907. The van der Waals surface area contributed by atoms with Gasteiger partial charge in [-0.25, -0.2) is 4.98 Å². The molecule has 0 radical (unpaired) electrons. The topological polar surface area (TPSA) is 85.8 Å². The fourth-order valence-corrected chi connectivity index (χ4v) is 3.57. The third-order valence-electron chi connectivity index (χ3n) is 5.30. The minimum Gasteiger partial charge on any atom is -0.416 e. The summed E-state index contributed by atoms with van der Waals surface area (Å²) in [6, 6.07) is 26.4. The smallest absolute Gasteiger partial charge is 0.251 e. The van der Waals surface area contributed by atoms with Gasteiger partial charge in [0.15, 0.2) is 0 Å². The fraction of sp³-hybridized carbons (Fsp3) is 0.200. The van der Waals surface area contributed by atoms with Crippen LogP contribution in [-0.2, 0) is 6.54 Å². The summed E-state index contributed by atoms with van der Waals surface area (Å²) in [5, 5.41) is 11.4. The van der Waals surface area contributed by atoms with Crippen molar-refractivity contribution < 1.29 is 9.21 Å². The van der Waals surface area contributed by atoms with Crippen molar-refractivity contribution in [1.29, 1.82) is 0 Å². The first-order valence-corrected chi connectivity index (χ1v) is 12.6. The molecule has 1 atom stereocenters. The van der Waals surface area contributed by atoms with E-state index in [0.717, 1.165) is 16.7 Å². The first kappa shape index (κ1) is 27.1. The molecule has 37 heavy (non-hydrogen) atoms. The summed E-state index contributed by atoms with van der Waals surface area (Å²) in [5.74, 6) is 0.701. The third kappa shape index (κ3) is 7.24. The van der Waals surface area contributed by atoms with Crippen molar-refractivity contribution in [3.05, 3.63) is 115 Å². The Morgan fingerprint density at radius 3 is 1.95 bits per heavy atom. The van der Waals surface area contributed by atoms with Crippen LogP contribution in [0.25, 0.3) is 22.9 Å². The van der Waals surface area contributed by atoms with Crippen molar-refractivity contribution in [3.63, 3.8) is 0 Å². The average Bonchev–Trinajstić information content (AvgIpc) is 3.69. The van der Waals surface area contributed by atoms with E-state index in [1.165, 1.54) is 0 Å². The molecule has 0 saturated carbocycles. The molecule has 2 heterocycles. The average molecular weight is 496 g/mol. The van der Waals surface area contributed by atoms with Crippen molar-refractivity contribution in [2.45, 2.75) is 40.3 Å². The molecule has 0 aliphatic carbocycles. The van der Waals surface area contributed by atoms with Gasteiger partial charge < -0.3 is 14.3 Å². The number of nitrogens with zero attached hydrogens (tertiary/aromatic N) is 4. The Labute approximate surface area is 218 Å². The van der Waals surface area contributed by atoms with Crippen LogP contribution in [0.2, 0.25) is 0 Å². The van der Waals surface area contributed by atoms with Crippen LogP contribution in [0.4, 0.5) is 0 Å². The summed E-state index contributed by atoms with van der Waals surface area (Å²) in [6.45, 7) is 8.58. The highest BCUT2D eigenvalue weighted by Gasteiger charge is 2.17. The molecule has 1 N–H and O–H groups in total. The van der Waals surface area contributed by atoms with Gasteiger partial charge in [-0.3, -0.25) is 4.79 Å². The molecule has 2 aromatic heterocycles. The zero-order chi connectivity index (χ0) is 26.5. The lowest BCUT2D eigenvalue weighted by atomic mass is 10.1. The molecule has 0 saturated heterocycles. The van der Waals surface area contributed by atoms with Crippen molar-refractivity contribution >= 4 is 5.91 Å². The van der Waals surface area contributed by atoms with E-state index in [2.05, 4.69) is 20.5 Å². The maximum absolute atomic E-state index is 13.0. The Kier molecular flexibility index (Phi) is 10.3. The van der Waals surface area contributed by atoms with Crippen LogP contribution in [0.3, 0.4) is 0 Å². The molecular weight excluding hydrogens is 462 g/mol. The van der Waals surface area contributed by atoms with E-state index in [-0.39, 0.29) is 11.9 Å². The molecule has 1 amide bonds. The second kappa shape index (κ2) is 14.1. The van der Waals surface area contributed by atoms with Crippen LogP contribution in [0.5, 0.6) is 0 Å². The van der Waals surface area contributed by atoms with Crippen molar-refractivity contribution in [2.75, 3.05) is 0 Å². The van der Waals surface area contributed by atoms with Gasteiger partial charge in [-0.15, -0.1) is 10.2 Å². The second-order valence-electron chi connectivity index (χ2n) is 7.55. The van der Waals surface area contributed by atoms with Gasteiger partial charge in [-0.1, -0.05) is 76.2 Å². The lowest BCUT2D eigenvalue weighted by Crippen LogP contribution is -2.31. The quantitative estimate of drug-likeness (QED) is 0.268. The lowest BCUT2D eigenvalue weighted by molar-refractivity contribution is 0.0932. The summed E-state index contributed by atoms with van der Waals surface area (Å²) >= 11 is 0. The van der Waals surface area contributed by atoms with Gasteiger partial charge in [-0.05, 0) is 42.0 Å². The van der Waals surface area contributed by atoms with E-state index in [1.807, 2.05) is 111 Å². The van der Waals surface area contributed by atoms with Gasteiger partial charge in [0, 0.05) is 35.6 Å². The van der Waals surface area contributed by atoms with Crippen LogP contribution in [-0.4, -0.2) is 25.7 Å². The van der Waals surface area contributed by atoms with Crippen LogP contribution in [0.1, 0.15) is 49.7 Å². The van der Waals surface area contributed by atoms with Crippen LogP contribution in [0, 0.1) is 0 Å². The number of rotatable bonds is 7. The van der Waals surface area contributed by atoms with E-state index in [1.54, 1.807) is 24.7 Å². The van der Waals surface area contributed by atoms with Crippen molar-refractivity contribution in [1.82, 2.24) is 25.1 Å². The summed E-state index contributed by atoms with van der Waals surface area (Å²) < 4.78 is 7.75. The zero-order valence-corrected chi connectivity index (χ0v) is 21.7. The predicted octanol–water partition coefficient (Wildman–Crippen LogP) is 6.82. The van der Waals surface area contributed by atoms with Gasteiger partial charge in [0.2, 0.25) is 11.8 Å². The first-order chi connectivity index (χ1) is 18.3. The summed E-state index contributed by atoms with van der Waals surface area (Å²) in [4.78, 5) is 17.1. The largest absolute Gasteiger partial charge is 0.416 e. The Hall–Kier alpha value is -4.52. The number of aromatic nitrogens is 4.